The van der Waals surface area contributed by atoms with Crippen LogP contribution in [-0.4, -0.2) is 154 Å². The molecule has 5 fully saturated rings. The number of pyridine rings is 1. The molecule has 1 spiro atoms. The number of aliphatic hydroxyl groups excluding tert-OH is 1. The number of alkyl halides is 3. The number of hydrogen-bond donors (Lipinski definition) is 2. The van der Waals surface area contributed by atoms with E-state index in [1.54, 1.807) is 70.5 Å². The molecular formula is C68H76Cl5F2N9O7. The minimum atomic E-state index is -1.93. The van der Waals surface area contributed by atoms with E-state index in [1.807, 2.05) is 76.9 Å². The fourth-order valence-corrected chi connectivity index (χ4v) is 11.5. The number of piperidine rings is 4. The first kappa shape index (κ1) is 73.1. The van der Waals surface area contributed by atoms with Crippen molar-refractivity contribution < 1.29 is 42.6 Å². The van der Waals surface area contributed by atoms with Crippen LogP contribution in [0.5, 0.6) is 0 Å². The molecule has 0 bridgehead atoms. The molecule has 5 aliphatic heterocycles. The van der Waals surface area contributed by atoms with Crippen LogP contribution in [0.15, 0.2) is 84.9 Å². The highest BCUT2D eigenvalue weighted by atomic mass is 35.5. The van der Waals surface area contributed by atoms with Gasteiger partial charge >= 0.3 is 0 Å². The summed E-state index contributed by atoms with van der Waals surface area (Å²) < 4.78 is 35.0. The number of anilines is 1. The van der Waals surface area contributed by atoms with Gasteiger partial charge in [0.1, 0.15) is 28.8 Å². The number of epoxide rings is 1. The lowest BCUT2D eigenvalue weighted by molar-refractivity contribution is -0.120. The first-order valence-electron chi connectivity index (χ1n) is 30.1. The van der Waals surface area contributed by atoms with E-state index >= 15 is 4.39 Å². The van der Waals surface area contributed by atoms with Crippen molar-refractivity contribution in [3.8, 4) is 18.2 Å². The molecule has 0 aliphatic carbocycles. The summed E-state index contributed by atoms with van der Waals surface area (Å²) in [7, 11) is 1.86. The Morgan fingerprint density at radius 3 is 1.32 bits per heavy atom. The number of nitrogens with one attached hydrogen (secondary N) is 1. The zero-order valence-corrected chi connectivity index (χ0v) is 55.8. The van der Waals surface area contributed by atoms with Crippen LogP contribution in [0.2, 0.25) is 20.1 Å². The molecule has 484 valence electrons. The minimum absolute atomic E-state index is 0.00379. The average molecular weight is 1350 g/mol. The molecule has 0 radical (unpaired) electrons. The second kappa shape index (κ2) is 33.6. The van der Waals surface area contributed by atoms with E-state index in [1.165, 1.54) is 11.0 Å². The lowest BCUT2D eigenvalue weighted by Crippen LogP contribution is -2.49. The van der Waals surface area contributed by atoms with Crippen LogP contribution >= 0.6 is 58.0 Å². The van der Waals surface area contributed by atoms with Crippen molar-refractivity contribution in [1.82, 2.24) is 24.6 Å². The summed E-state index contributed by atoms with van der Waals surface area (Å²) in [5.41, 5.74) is 4.63. The number of amides is 4. The molecular weight excluding hydrogens is 1270 g/mol. The smallest absolute Gasteiger partial charge is 0.253 e. The number of nitriles is 3. The zero-order chi connectivity index (χ0) is 66.8. The van der Waals surface area contributed by atoms with E-state index in [0.717, 1.165) is 65.0 Å². The molecule has 4 amide bonds. The Balaban J connectivity index is 0.000000192. The van der Waals surface area contributed by atoms with Gasteiger partial charge in [-0.15, -0.1) is 11.6 Å². The monoisotopic (exact) mass is 1340 g/mol. The number of aliphatic hydroxyl groups is 1. The number of likely N-dealkylation sites (tertiary alicyclic amines) is 4. The van der Waals surface area contributed by atoms with E-state index < -0.39 is 17.4 Å². The van der Waals surface area contributed by atoms with Crippen LogP contribution in [-0.2, 0) is 16.0 Å². The Kier molecular flexibility index (Phi) is 27.0. The number of aromatic nitrogens is 1. The quantitative estimate of drug-likeness (QED) is 0.0756. The molecule has 10 rings (SSSR count). The number of halogens is 7. The van der Waals surface area contributed by atoms with Crippen molar-refractivity contribution in [2.45, 2.75) is 134 Å². The maximum Gasteiger partial charge on any atom is 0.253 e. The van der Waals surface area contributed by atoms with Crippen molar-refractivity contribution in [3.63, 3.8) is 0 Å². The van der Waals surface area contributed by atoms with Gasteiger partial charge < -0.3 is 34.8 Å². The summed E-state index contributed by atoms with van der Waals surface area (Å²) in [4.78, 5) is 72.0. The zero-order valence-electron chi connectivity index (χ0n) is 52.0. The van der Waals surface area contributed by atoms with Gasteiger partial charge in [0.05, 0.1) is 18.2 Å². The molecule has 2 N–H and O–H groups in total. The number of hydrogen-bond acceptors (Lipinski definition) is 12. The van der Waals surface area contributed by atoms with Crippen molar-refractivity contribution in [3.05, 3.63) is 161 Å². The number of benzene rings is 4. The molecule has 2 unspecified atom stereocenters. The molecule has 0 saturated carbocycles. The van der Waals surface area contributed by atoms with Crippen LogP contribution in [0, 0.1) is 68.6 Å². The third kappa shape index (κ3) is 20.0. The number of nitrogens with zero attached hydrogens (tertiary/aromatic N) is 8. The summed E-state index contributed by atoms with van der Waals surface area (Å²) in [6.45, 7) is 13.1. The average Bonchev–Trinajstić information content (AvgIpc) is 1.61. The maximum atomic E-state index is 15.2. The minimum Gasteiger partial charge on any atom is -0.375 e. The first-order valence-corrected chi connectivity index (χ1v) is 32.1. The summed E-state index contributed by atoms with van der Waals surface area (Å²) >= 11 is 29.0. The predicted octanol–water partition coefficient (Wildman–Crippen LogP) is 13.6. The Morgan fingerprint density at radius 1 is 0.615 bits per heavy atom. The van der Waals surface area contributed by atoms with Crippen molar-refractivity contribution >= 4 is 93.2 Å². The summed E-state index contributed by atoms with van der Waals surface area (Å²) in [5.74, 6) is 0.870. The van der Waals surface area contributed by atoms with Crippen LogP contribution in [0.3, 0.4) is 0 Å². The first-order chi connectivity index (χ1) is 43.2. The number of carbonyl (C=O) groups excluding carboxylic acids is 5. The fraction of sp³-hybridized carbons (Fsp3) is 0.456. The molecule has 16 nitrogen and oxygen atoms in total. The molecule has 4 aromatic carbocycles. The highest BCUT2D eigenvalue weighted by molar-refractivity contribution is 6.32. The highest BCUT2D eigenvalue weighted by Gasteiger charge is 2.58. The molecule has 91 heavy (non-hydrogen) atoms. The van der Waals surface area contributed by atoms with Gasteiger partial charge in [-0.1, -0.05) is 76.7 Å². The molecule has 23 heteroatoms. The molecule has 5 aliphatic rings. The third-order valence-electron chi connectivity index (χ3n) is 17.0. The van der Waals surface area contributed by atoms with Crippen LogP contribution in [0.4, 0.5) is 14.6 Å². The predicted molar refractivity (Wildman–Crippen MR) is 351 cm³/mol. The van der Waals surface area contributed by atoms with Gasteiger partial charge in [-0.25, -0.2) is 13.8 Å². The van der Waals surface area contributed by atoms with E-state index in [-0.39, 0.29) is 72.9 Å². The van der Waals surface area contributed by atoms with Crippen molar-refractivity contribution in [1.29, 1.82) is 15.8 Å². The SMILES string of the molecule is CNc1nc(CCCC2(F)CCN(C(=O)c3ccc(C)c(Cl)c3)CC2)ccc1C.Cc1ccc(C(=O)N2CCC(=O)CC2)cc1Cl.Cc1ccc(C(=O)N2CCC(F)(C(O)C#N)CC2)cc1Cl.Cc1ccc(C(=O)N2CCC3(CC2)OC3C#N)cc1Cl.N#CCCl. The van der Waals surface area contributed by atoms with E-state index in [9.17, 15) is 33.5 Å². The van der Waals surface area contributed by atoms with Crippen molar-refractivity contribution in [2.75, 3.05) is 70.6 Å². The molecule has 6 heterocycles. The van der Waals surface area contributed by atoms with E-state index in [2.05, 4.69) is 16.4 Å². The topological polar surface area (TPSA) is 227 Å². The Hall–Kier alpha value is -6.92. The number of carbonyl (C=O) groups is 5. The Morgan fingerprint density at radius 2 is 0.978 bits per heavy atom. The molecule has 5 saturated heterocycles. The fourth-order valence-electron chi connectivity index (χ4n) is 10.8. The van der Waals surface area contributed by atoms with E-state index in [4.69, 9.17) is 78.5 Å². The summed E-state index contributed by atoms with van der Waals surface area (Å²) in [6, 6.07) is 30.5. The largest absolute Gasteiger partial charge is 0.375 e. The van der Waals surface area contributed by atoms with Gasteiger partial charge in [0, 0.05) is 133 Å². The number of aryl methyl sites for hydroxylation is 6. The molecule has 5 aromatic rings. The maximum absolute atomic E-state index is 15.2. The second-order valence-corrected chi connectivity index (χ2v) is 25.2. The van der Waals surface area contributed by atoms with Crippen LogP contribution < -0.4 is 5.32 Å². The Bertz CT molecular complexity index is 3540. The van der Waals surface area contributed by atoms with Gasteiger partial charge in [-0.3, -0.25) is 24.0 Å². The van der Waals surface area contributed by atoms with Gasteiger partial charge in [-0.2, -0.15) is 15.8 Å². The lowest BCUT2D eigenvalue weighted by Gasteiger charge is -2.37. The highest BCUT2D eigenvalue weighted by Crippen LogP contribution is 2.45. The van der Waals surface area contributed by atoms with Crippen LogP contribution in [0.25, 0.3) is 0 Å². The Labute approximate surface area is 556 Å². The summed E-state index contributed by atoms with van der Waals surface area (Å²) in [5, 5.41) is 39.8. The van der Waals surface area contributed by atoms with Gasteiger partial charge in [0.15, 0.2) is 17.9 Å². The standard InChI is InChI=1S/C23H29ClFN3O.C15H16ClFN2O2.C15H15ClN2O2.C13H14ClNO2.C2H2ClN/c1-16-6-8-18(15-20(16)24)22(29)28-13-11-23(25,12-14-28)10-4-5-19-9-7-17(2)21(26-3)27-19;1-10-2-3-11(8-12(10)16)14(21)19-6-4-15(17,5-7-19)13(20)9-18;1-10-2-3-11(8-12(10)16)14(19)18-6-4-15(5-7-18)13(9-17)20-15;1-9-2-3-10(8-12(9)14)13(17)15-6-4-11(16)5-7-15;3-1-2-4/h6-9,15H,4-5,10-14H2,1-3H3,(H,26,27);2-3,8,13,20H,4-7H2,1H3;2-3,8,13H,4-7H2,1H3;2-3,8H,4-7H2,1H3;1H2. The van der Waals surface area contributed by atoms with Gasteiger partial charge in [-0.05, 0) is 162 Å². The van der Waals surface area contributed by atoms with Gasteiger partial charge in [0.2, 0.25) is 0 Å². The van der Waals surface area contributed by atoms with Gasteiger partial charge in [0.25, 0.3) is 23.6 Å². The second-order valence-electron chi connectivity index (χ2n) is 23.3. The van der Waals surface area contributed by atoms with E-state index in [0.29, 0.717) is 114 Å². The molecule has 1 aromatic heterocycles. The number of ketones is 1. The van der Waals surface area contributed by atoms with Crippen LogP contribution in [0.1, 0.15) is 139 Å². The summed E-state index contributed by atoms with van der Waals surface area (Å²) in [6.07, 6.45) is 3.11. The lowest BCUT2D eigenvalue weighted by atomic mass is 9.87. The number of rotatable bonds is 10. The van der Waals surface area contributed by atoms with Crippen molar-refractivity contribution in [2.24, 2.45) is 0 Å². The number of Topliss-reactive ketones (excluding diaryl/α,β-unsaturated/α-hetero) is 1. The molecule has 2 atom stereocenters. The number of ether oxygens (including phenoxy) is 1. The normalized spacial score (nSPS) is 17.8. The third-order valence-corrected chi connectivity index (χ3v) is 18.8.